The van der Waals surface area contributed by atoms with Crippen molar-refractivity contribution in [2.75, 3.05) is 5.75 Å². The molecule has 2 N–H and O–H groups in total. The zero-order valence-electron chi connectivity index (χ0n) is 11.0. The highest BCUT2D eigenvalue weighted by atomic mass is 32.1. The summed E-state index contributed by atoms with van der Waals surface area (Å²) >= 11 is 4.20. The largest absolute Gasteiger partial charge is 0.692 e. The van der Waals surface area contributed by atoms with Crippen LogP contribution in [0.2, 0.25) is 0 Å². The molecule has 0 aromatic carbocycles. The Kier molecular flexibility index (Phi) is 21.7. The Bertz CT molecular complexity index is 143. The smallest absolute Gasteiger partial charge is 0.179 e. The molecule has 5 heteroatoms. The zero-order valence-corrected chi connectivity index (χ0v) is 12.8. The van der Waals surface area contributed by atoms with Gasteiger partial charge in [0.05, 0.1) is 0 Å². The SMILES string of the molecule is CCCCCCCCCCCCS.O=[P+](O)O. The maximum Gasteiger partial charge on any atom is 0.692 e. The summed E-state index contributed by atoms with van der Waals surface area (Å²) in [4.78, 5) is 14.2. The average Bonchev–Trinajstić information content (AvgIpc) is 2.26. The van der Waals surface area contributed by atoms with Gasteiger partial charge in [-0.2, -0.15) is 12.6 Å². The molecule has 0 aliphatic carbocycles. The van der Waals surface area contributed by atoms with Gasteiger partial charge in [-0.3, -0.25) is 0 Å². The summed E-state index contributed by atoms with van der Waals surface area (Å²) < 4.78 is 8.70. The predicted molar refractivity (Wildman–Crippen MR) is 77.7 cm³/mol. The van der Waals surface area contributed by atoms with Gasteiger partial charge >= 0.3 is 8.25 Å². The lowest BCUT2D eigenvalue weighted by Crippen LogP contribution is -1.81. The van der Waals surface area contributed by atoms with Crippen molar-refractivity contribution in [1.82, 2.24) is 0 Å². The third-order valence-electron chi connectivity index (χ3n) is 2.51. The molecule has 0 saturated heterocycles. The second-order valence-corrected chi connectivity index (χ2v) is 5.11. The molecule has 0 bridgehead atoms. The summed E-state index contributed by atoms with van der Waals surface area (Å²) in [5.74, 6) is 1.07. The summed E-state index contributed by atoms with van der Waals surface area (Å²) in [5.41, 5.74) is 0. The minimum Gasteiger partial charge on any atom is -0.179 e. The van der Waals surface area contributed by atoms with Gasteiger partial charge in [-0.05, 0) is 12.2 Å². The third-order valence-corrected chi connectivity index (χ3v) is 2.83. The van der Waals surface area contributed by atoms with Crippen LogP contribution in [0.4, 0.5) is 0 Å². The molecule has 0 aliphatic heterocycles. The van der Waals surface area contributed by atoms with E-state index in [1.807, 2.05) is 0 Å². The van der Waals surface area contributed by atoms with Gasteiger partial charge in [0.2, 0.25) is 0 Å². The van der Waals surface area contributed by atoms with E-state index < -0.39 is 8.25 Å². The first kappa shape index (κ1) is 19.7. The molecule has 104 valence electrons. The molecule has 0 amide bonds. The van der Waals surface area contributed by atoms with Crippen LogP contribution in [0.1, 0.15) is 71.1 Å². The van der Waals surface area contributed by atoms with E-state index in [-0.39, 0.29) is 0 Å². The van der Waals surface area contributed by atoms with Crippen molar-refractivity contribution >= 4 is 20.9 Å². The molecule has 0 heterocycles. The molecule has 0 aromatic rings. The molecule has 0 aromatic heterocycles. The van der Waals surface area contributed by atoms with Gasteiger partial charge in [0.25, 0.3) is 0 Å². The molecular weight excluding hydrogens is 255 g/mol. The fourth-order valence-corrected chi connectivity index (χ4v) is 1.82. The Hall–Kier alpha value is 0.370. The maximum atomic E-state index is 8.70. The van der Waals surface area contributed by atoms with Gasteiger partial charge in [0, 0.05) is 4.57 Å². The van der Waals surface area contributed by atoms with Crippen molar-refractivity contribution in [3.8, 4) is 0 Å². The van der Waals surface area contributed by atoms with Crippen LogP contribution in [-0.4, -0.2) is 15.5 Å². The van der Waals surface area contributed by atoms with Crippen molar-refractivity contribution < 1.29 is 14.4 Å². The monoisotopic (exact) mass is 283 g/mol. The van der Waals surface area contributed by atoms with Gasteiger partial charge < -0.3 is 0 Å². The number of unbranched alkanes of at least 4 members (excludes halogenated alkanes) is 9. The first-order valence-corrected chi connectivity index (χ1v) is 8.40. The van der Waals surface area contributed by atoms with Gasteiger partial charge in [-0.1, -0.05) is 64.7 Å². The summed E-state index contributed by atoms with van der Waals surface area (Å²) in [6.07, 6.45) is 14.2. The highest BCUT2D eigenvalue weighted by molar-refractivity contribution is 7.80. The summed E-state index contributed by atoms with van der Waals surface area (Å²) in [5, 5.41) is 0. The van der Waals surface area contributed by atoms with Crippen LogP contribution in [0.15, 0.2) is 0 Å². The van der Waals surface area contributed by atoms with Gasteiger partial charge in [-0.25, -0.2) is 0 Å². The van der Waals surface area contributed by atoms with Crippen LogP contribution >= 0.6 is 20.9 Å². The Morgan fingerprint density at radius 1 is 0.824 bits per heavy atom. The molecule has 0 fully saturated rings. The Balaban J connectivity index is 0. The van der Waals surface area contributed by atoms with E-state index in [0.29, 0.717) is 0 Å². The lowest BCUT2D eigenvalue weighted by Gasteiger charge is -2.00. The summed E-state index contributed by atoms with van der Waals surface area (Å²) in [6, 6.07) is 0. The van der Waals surface area contributed by atoms with E-state index in [2.05, 4.69) is 19.6 Å². The topological polar surface area (TPSA) is 57.5 Å². The molecule has 0 spiro atoms. The third kappa shape index (κ3) is 31.4. The highest BCUT2D eigenvalue weighted by Crippen LogP contribution is 2.10. The van der Waals surface area contributed by atoms with Crippen molar-refractivity contribution in [2.24, 2.45) is 0 Å². The van der Waals surface area contributed by atoms with Crippen molar-refractivity contribution in [3.63, 3.8) is 0 Å². The lowest BCUT2D eigenvalue weighted by molar-refractivity contribution is 0.405. The van der Waals surface area contributed by atoms with Crippen molar-refractivity contribution in [2.45, 2.75) is 71.1 Å². The predicted octanol–water partition coefficient (Wildman–Crippen LogP) is 4.47. The van der Waals surface area contributed by atoms with Crippen LogP contribution < -0.4 is 0 Å². The second kappa shape index (κ2) is 18.7. The fraction of sp³-hybridized carbons (Fsp3) is 1.00. The second-order valence-electron chi connectivity index (χ2n) is 4.16. The molecular formula is C12H28O3PS+. The van der Waals surface area contributed by atoms with Gasteiger partial charge in [0.15, 0.2) is 0 Å². The summed E-state index contributed by atoms with van der Waals surface area (Å²) in [6.45, 7) is 2.28. The molecule has 0 aliphatic rings. The fourth-order valence-electron chi connectivity index (χ4n) is 1.60. The first-order valence-electron chi connectivity index (χ1n) is 6.61. The average molecular weight is 283 g/mol. The standard InChI is InChI=1S/C12H26S.HO3P/c1-2-3-4-5-6-7-8-9-10-11-12-13;1-4(2)3/h13H,2-12H2,1H3;(H-,1,2,3)/p+1. The number of hydrogen-bond donors (Lipinski definition) is 3. The van der Waals surface area contributed by atoms with E-state index in [1.54, 1.807) is 0 Å². The van der Waals surface area contributed by atoms with E-state index in [4.69, 9.17) is 14.4 Å². The van der Waals surface area contributed by atoms with Crippen molar-refractivity contribution in [3.05, 3.63) is 0 Å². The van der Waals surface area contributed by atoms with Crippen LogP contribution in [0.3, 0.4) is 0 Å². The molecule has 0 radical (unpaired) electrons. The molecule has 0 saturated carbocycles. The highest BCUT2D eigenvalue weighted by Gasteiger charge is 1.93. The molecule has 0 unspecified atom stereocenters. The quantitative estimate of drug-likeness (QED) is 0.315. The molecule has 17 heavy (non-hydrogen) atoms. The normalized spacial score (nSPS) is 9.65. The Labute approximate surface area is 112 Å². The molecule has 3 nitrogen and oxygen atoms in total. The van der Waals surface area contributed by atoms with E-state index in [9.17, 15) is 0 Å². The van der Waals surface area contributed by atoms with Gasteiger partial charge in [-0.15, -0.1) is 9.79 Å². The first-order chi connectivity index (χ1) is 8.15. The zero-order chi connectivity index (χ0) is 13.4. The van der Waals surface area contributed by atoms with Crippen molar-refractivity contribution in [1.29, 1.82) is 0 Å². The maximum absolute atomic E-state index is 8.70. The van der Waals surface area contributed by atoms with Crippen LogP contribution in [0.25, 0.3) is 0 Å². The Morgan fingerprint density at radius 3 is 1.41 bits per heavy atom. The molecule has 0 atom stereocenters. The number of thiol groups is 1. The number of hydrogen-bond acceptors (Lipinski definition) is 2. The van der Waals surface area contributed by atoms with Crippen LogP contribution in [-0.2, 0) is 4.57 Å². The summed E-state index contributed by atoms with van der Waals surface area (Å²) in [7, 11) is -2.87. The number of rotatable bonds is 10. The minimum atomic E-state index is -2.87. The molecule has 0 rings (SSSR count). The minimum absolute atomic E-state index is 1.07. The van der Waals surface area contributed by atoms with Gasteiger partial charge in [0.1, 0.15) is 0 Å². The lowest BCUT2D eigenvalue weighted by atomic mass is 10.1. The Morgan fingerprint density at radius 2 is 1.12 bits per heavy atom. The van der Waals surface area contributed by atoms with Crippen LogP contribution in [0, 0.1) is 0 Å². The van der Waals surface area contributed by atoms with E-state index in [1.165, 1.54) is 64.2 Å². The van der Waals surface area contributed by atoms with Crippen LogP contribution in [0.5, 0.6) is 0 Å². The van der Waals surface area contributed by atoms with E-state index >= 15 is 0 Å². The van der Waals surface area contributed by atoms with E-state index in [0.717, 1.165) is 5.75 Å².